The number of aromatic nitrogens is 2. The fourth-order valence-corrected chi connectivity index (χ4v) is 1.16. The van der Waals surface area contributed by atoms with Crippen LogP contribution in [0.5, 0.6) is 0 Å². The summed E-state index contributed by atoms with van der Waals surface area (Å²) in [6.07, 6.45) is -2.96. The second kappa shape index (κ2) is 4.46. The quantitative estimate of drug-likeness (QED) is 0.738. The molecule has 0 aliphatic rings. The number of aldehydes is 1. The van der Waals surface area contributed by atoms with Crippen molar-refractivity contribution in [1.29, 1.82) is 0 Å². The molecule has 0 spiro atoms. The second-order valence-electron chi connectivity index (χ2n) is 3.31. The maximum Gasteiger partial charge on any atom is 0.451 e. The Morgan fingerprint density at radius 1 is 1.44 bits per heavy atom. The third kappa shape index (κ3) is 2.68. The van der Waals surface area contributed by atoms with Crippen molar-refractivity contribution < 1.29 is 18.0 Å². The molecular weight excluding hydrogens is 223 g/mol. The van der Waals surface area contributed by atoms with Gasteiger partial charge in [-0.2, -0.15) is 13.2 Å². The van der Waals surface area contributed by atoms with Gasteiger partial charge in [-0.15, -0.1) is 0 Å². The maximum atomic E-state index is 12.3. The Bertz CT molecular complexity index is 390. The van der Waals surface area contributed by atoms with Crippen LogP contribution < -0.4 is 4.90 Å². The average molecular weight is 233 g/mol. The van der Waals surface area contributed by atoms with Gasteiger partial charge in [0, 0.05) is 32.3 Å². The monoisotopic (exact) mass is 233 g/mol. The highest BCUT2D eigenvalue weighted by Crippen LogP contribution is 2.28. The molecule has 0 aliphatic carbocycles. The van der Waals surface area contributed by atoms with Gasteiger partial charge in [0.25, 0.3) is 0 Å². The van der Waals surface area contributed by atoms with Crippen molar-refractivity contribution in [2.45, 2.75) is 12.6 Å². The Kier molecular flexibility index (Phi) is 3.46. The molecule has 0 aromatic carbocycles. The molecule has 0 saturated carbocycles. The molecule has 0 fully saturated rings. The lowest BCUT2D eigenvalue weighted by molar-refractivity contribution is -0.144. The van der Waals surface area contributed by atoms with Gasteiger partial charge in [-0.25, -0.2) is 9.97 Å². The van der Waals surface area contributed by atoms with E-state index in [0.717, 1.165) is 6.20 Å². The van der Waals surface area contributed by atoms with E-state index < -0.39 is 12.0 Å². The maximum absolute atomic E-state index is 12.3. The minimum Gasteiger partial charge on any atom is -0.362 e. The van der Waals surface area contributed by atoms with Gasteiger partial charge in [0.05, 0.1) is 0 Å². The van der Waals surface area contributed by atoms with Crippen LogP contribution in [0, 0.1) is 0 Å². The number of carbonyl (C=O) groups excluding carboxylic acids is 1. The third-order valence-corrected chi connectivity index (χ3v) is 1.82. The molecule has 1 aromatic heterocycles. The van der Waals surface area contributed by atoms with E-state index in [4.69, 9.17) is 0 Å². The van der Waals surface area contributed by atoms with Crippen molar-refractivity contribution in [3.05, 3.63) is 17.6 Å². The summed E-state index contributed by atoms with van der Waals surface area (Å²) < 4.78 is 37.0. The molecule has 0 amide bonds. The molecular formula is C9H10F3N3O. The molecule has 0 bridgehead atoms. The topological polar surface area (TPSA) is 46.1 Å². The number of rotatable bonds is 3. The number of anilines is 1. The Balaban J connectivity index is 3.22. The summed E-state index contributed by atoms with van der Waals surface area (Å²) in [5, 5.41) is 0. The zero-order chi connectivity index (χ0) is 12.3. The van der Waals surface area contributed by atoms with Crippen molar-refractivity contribution in [1.82, 2.24) is 9.97 Å². The number of halogens is 3. The zero-order valence-corrected chi connectivity index (χ0v) is 8.75. The minimum absolute atomic E-state index is 0.00828. The average Bonchev–Trinajstić information content (AvgIpc) is 2.16. The minimum atomic E-state index is -4.58. The molecule has 16 heavy (non-hydrogen) atoms. The number of hydrogen-bond acceptors (Lipinski definition) is 4. The first-order chi connectivity index (χ1) is 7.36. The van der Waals surface area contributed by atoms with E-state index in [0.29, 0.717) is 11.8 Å². The summed E-state index contributed by atoms with van der Waals surface area (Å²) in [5.74, 6) is -1.10. The standard InChI is InChI=1S/C9H10F3N3O/c1-15(2)7-6(3-4-16)5-13-8(14-7)9(10,11)12/h4-5H,3H2,1-2H3. The van der Waals surface area contributed by atoms with Gasteiger partial charge in [0.2, 0.25) is 5.82 Å². The van der Waals surface area contributed by atoms with Crippen LogP contribution in [0.25, 0.3) is 0 Å². The van der Waals surface area contributed by atoms with Gasteiger partial charge < -0.3 is 9.69 Å². The van der Waals surface area contributed by atoms with Crippen LogP contribution in [0.3, 0.4) is 0 Å². The van der Waals surface area contributed by atoms with Crippen LogP contribution in [0.4, 0.5) is 19.0 Å². The van der Waals surface area contributed by atoms with Crippen LogP contribution in [0.15, 0.2) is 6.20 Å². The summed E-state index contributed by atoms with van der Waals surface area (Å²) in [6, 6.07) is 0. The molecule has 0 unspecified atom stereocenters. The second-order valence-corrected chi connectivity index (χ2v) is 3.31. The summed E-state index contributed by atoms with van der Waals surface area (Å²) in [5.41, 5.74) is 0.369. The highest BCUT2D eigenvalue weighted by molar-refractivity contribution is 5.60. The first-order valence-corrected chi connectivity index (χ1v) is 4.40. The number of nitrogens with zero attached hydrogens (tertiary/aromatic N) is 3. The molecule has 0 saturated heterocycles. The zero-order valence-electron chi connectivity index (χ0n) is 8.75. The molecule has 0 aliphatic heterocycles. The largest absolute Gasteiger partial charge is 0.451 e. The van der Waals surface area contributed by atoms with Gasteiger partial charge in [-0.05, 0) is 0 Å². The Morgan fingerprint density at radius 3 is 2.50 bits per heavy atom. The number of alkyl halides is 3. The van der Waals surface area contributed by atoms with Crippen LogP contribution in [0.2, 0.25) is 0 Å². The molecule has 0 atom stereocenters. The highest BCUT2D eigenvalue weighted by Gasteiger charge is 2.35. The fourth-order valence-electron chi connectivity index (χ4n) is 1.16. The van der Waals surface area contributed by atoms with E-state index in [1.807, 2.05) is 0 Å². The lowest BCUT2D eigenvalue weighted by Gasteiger charge is -2.16. The first-order valence-electron chi connectivity index (χ1n) is 4.40. The van der Waals surface area contributed by atoms with Crippen molar-refractivity contribution in [3.63, 3.8) is 0 Å². The summed E-state index contributed by atoms with van der Waals surface area (Å²) in [6.45, 7) is 0. The van der Waals surface area contributed by atoms with Crippen molar-refractivity contribution >= 4 is 12.1 Å². The first kappa shape index (κ1) is 12.4. The predicted octanol–water partition coefficient (Wildman–Crippen LogP) is 1.30. The van der Waals surface area contributed by atoms with E-state index >= 15 is 0 Å². The van der Waals surface area contributed by atoms with Gasteiger partial charge in [-0.3, -0.25) is 0 Å². The van der Waals surface area contributed by atoms with Gasteiger partial charge >= 0.3 is 6.18 Å². The Morgan fingerprint density at radius 2 is 2.06 bits per heavy atom. The lowest BCUT2D eigenvalue weighted by atomic mass is 10.2. The summed E-state index contributed by atoms with van der Waals surface area (Å²) in [7, 11) is 3.10. The Labute approximate surface area is 90.1 Å². The molecule has 88 valence electrons. The van der Waals surface area contributed by atoms with E-state index in [1.54, 1.807) is 14.1 Å². The predicted molar refractivity (Wildman–Crippen MR) is 51.1 cm³/mol. The number of hydrogen-bond donors (Lipinski definition) is 0. The molecule has 0 N–H and O–H groups in total. The van der Waals surface area contributed by atoms with E-state index in [1.165, 1.54) is 4.90 Å². The van der Waals surface area contributed by atoms with E-state index in [9.17, 15) is 18.0 Å². The third-order valence-electron chi connectivity index (χ3n) is 1.82. The van der Waals surface area contributed by atoms with Crippen LogP contribution in [-0.4, -0.2) is 30.3 Å². The van der Waals surface area contributed by atoms with E-state index in [-0.39, 0.29) is 12.2 Å². The normalized spacial score (nSPS) is 11.3. The molecule has 0 radical (unpaired) electrons. The lowest BCUT2D eigenvalue weighted by Crippen LogP contribution is -2.19. The Hall–Kier alpha value is -1.66. The van der Waals surface area contributed by atoms with Gasteiger partial charge in [0.1, 0.15) is 12.1 Å². The van der Waals surface area contributed by atoms with Crippen LogP contribution >= 0.6 is 0 Å². The number of carbonyl (C=O) groups is 1. The molecule has 4 nitrogen and oxygen atoms in total. The SMILES string of the molecule is CN(C)c1nc(C(F)(F)F)ncc1CC=O. The molecule has 1 heterocycles. The van der Waals surface area contributed by atoms with Crippen molar-refractivity contribution in [2.24, 2.45) is 0 Å². The fraction of sp³-hybridized carbons (Fsp3) is 0.444. The van der Waals surface area contributed by atoms with Crippen LogP contribution in [0.1, 0.15) is 11.4 Å². The molecule has 7 heteroatoms. The van der Waals surface area contributed by atoms with Crippen molar-refractivity contribution in [2.75, 3.05) is 19.0 Å². The molecule has 1 aromatic rings. The van der Waals surface area contributed by atoms with Crippen LogP contribution in [-0.2, 0) is 17.4 Å². The summed E-state index contributed by atoms with van der Waals surface area (Å²) >= 11 is 0. The van der Waals surface area contributed by atoms with Crippen molar-refractivity contribution in [3.8, 4) is 0 Å². The highest BCUT2D eigenvalue weighted by atomic mass is 19.4. The summed E-state index contributed by atoms with van der Waals surface area (Å²) in [4.78, 5) is 18.3. The smallest absolute Gasteiger partial charge is 0.362 e. The van der Waals surface area contributed by atoms with Gasteiger partial charge in [-0.1, -0.05) is 0 Å². The van der Waals surface area contributed by atoms with E-state index in [2.05, 4.69) is 9.97 Å². The molecule has 1 rings (SSSR count). The van der Waals surface area contributed by atoms with Gasteiger partial charge in [0.15, 0.2) is 0 Å².